The SMILES string of the molecule is COc1ccc(Cl)cc1C(C)CCBr. The second-order valence-corrected chi connectivity index (χ2v) is 4.49. The summed E-state index contributed by atoms with van der Waals surface area (Å²) in [6, 6.07) is 5.75. The van der Waals surface area contributed by atoms with Crippen molar-refractivity contribution in [1.82, 2.24) is 0 Å². The van der Waals surface area contributed by atoms with Crippen LogP contribution in [-0.2, 0) is 0 Å². The average molecular weight is 278 g/mol. The van der Waals surface area contributed by atoms with E-state index in [4.69, 9.17) is 16.3 Å². The minimum absolute atomic E-state index is 0.461. The minimum Gasteiger partial charge on any atom is -0.496 e. The summed E-state index contributed by atoms with van der Waals surface area (Å²) >= 11 is 9.39. The predicted octanol–water partition coefficient (Wildman–Crippen LogP) is 4.24. The van der Waals surface area contributed by atoms with Gasteiger partial charge < -0.3 is 4.74 Å². The van der Waals surface area contributed by atoms with Gasteiger partial charge in [0.1, 0.15) is 5.75 Å². The lowest BCUT2D eigenvalue weighted by Crippen LogP contribution is -1.98. The number of hydrogen-bond acceptors (Lipinski definition) is 1. The molecule has 0 aromatic heterocycles. The van der Waals surface area contributed by atoms with E-state index in [2.05, 4.69) is 22.9 Å². The van der Waals surface area contributed by atoms with Gasteiger partial charge in [0.2, 0.25) is 0 Å². The first-order chi connectivity index (χ1) is 6.69. The number of ether oxygens (including phenoxy) is 1. The highest BCUT2D eigenvalue weighted by atomic mass is 79.9. The molecular formula is C11H14BrClO. The van der Waals surface area contributed by atoms with Crippen molar-refractivity contribution in [2.24, 2.45) is 0 Å². The number of halogens is 2. The molecule has 0 aliphatic carbocycles. The highest BCUT2D eigenvalue weighted by Gasteiger charge is 2.11. The Labute approximate surface area is 98.5 Å². The molecule has 1 atom stereocenters. The van der Waals surface area contributed by atoms with Gasteiger partial charge in [0.05, 0.1) is 7.11 Å². The maximum Gasteiger partial charge on any atom is 0.122 e. The first kappa shape index (κ1) is 11.9. The third kappa shape index (κ3) is 2.89. The fourth-order valence-corrected chi connectivity index (χ4v) is 2.28. The largest absolute Gasteiger partial charge is 0.496 e. The molecule has 78 valence electrons. The average Bonchev–Trinajstić information content (AvgIpc) is 2.18. The Morgan fingerprint density at radius 1 is 1.50 bits per heavy atom. The van der Waals surface area contributed by atoms with Gasteiger partial charge in [-0.2, -0.15) is 0 Å². The summed E-state index contributed by atoms with van der Waals surface area (Å²) in [7, 11) is 1.69. The predicted molar refractivity (Wildman–Crippen MR) is 64.8 cm³/mol. The van der Waals surface area contributed by atoms with Crippen molar-refractivity contribution in [3.63, 3.8) is 0 Å². The zero-order valence-corrected chi connectivity index (χ0v) is 10.7. The molecule has 14 heavy (non-hydrogen) atoms. The molecule has 0 aliphatic heterocycles. The van der Waals surface area contributed by atoms with Crippen LogP contribution < -0.4 is 4.74 Å². The number of methoxy groups -OCH3 is 1. The Bertz CT molecular complexity index is 301. The van der Waals surface area contributed by atoms with Crippen LogP contribution in [0.15, 0.2) is 18.2 Å². The van der Waals surface area contributed by atoms with Crippen molar-refractivity contribution < 1.29 is 4.74 Å². The van der Waals surface area contributed by atoms with Crippen LogP contribution in [0.3, 0.4) is 0 Å². The summed E-state index contributed by atoms with van der Waals surface area (Å²) < 4.78 is 5.29. The van der Waals surface area contributed by atoms with Crippen molar-refractivity contribution >= 4 is 27.5 Å². The van der Waals surface area contributed by atoms with Gasteiger partial charge in [-0.1, -0.05) is 34.5 Å². The van der Waals surface area contributed by atoms with Crippen LogP contribution in [-0.4, -0.2) is 12.4 Å². The summed E-state index contributed by atoms with van der Waals surface area (Å²) in [5, 5.41) is 1.76. The lowest BCUT2D eigenvalue weighted by molar-refractivity contribution is 0.406. The molecule has 1 nitrogen and oxygen atoms in total. The van der Waals surface area contributed by atoms with Gasteiger partial charge >= 0.3 is 0 Å². The molecule has 0 saturated heterocycles. The Kier molecular flexibility index (Phi) is 4.76. The number of alkyl halides is 1. The van der Waals surface area contributed by atoms with Gasteiger partial charge in [0.15, 0.2) is 0 Å². The molecule has 0 saturated carbocycles. The van der Waals surface area contributed by atoms with E-state index in [1.807, 2.05) is 18.2 Å². The first-order valence-electron chi connectivity index (χ1n) is 4.58. The summed E-state index contributed by atoms with van der Waals surface area (Å²) in [6.45, 7) is 2.18. The van der Waals surface area contributed by atoms with Crippen molar-refractivity contribution in [2.75, 3.05) is 12.4 Å². The molecule has 0 aliphatic rings. The lowest BCUT2D eigenvalue weighted by Gasteiger charge is -2.14. The van der Waals surface area contributed by atoms with E-state index in [-0.39, 0.29) is 0 Å². The highest BCUT2D eigenvalue weighted by molar-refractivity contribution is 9.09. The third-order valence-electron chi connectivity index (χ3n) is 2.26. The molecule has 3 heteroatoms. The summed E-state index contributed by atoms with van der Waals surface area (Å²) in [5.41, 5.74) is 1.18. The van der Waals surface area contributed by atoms with Crippen LogP contribution in [0.25, 0.3) is 0 Å². The molecule has 0 fully saturated rings. The van der Waals surface area contributed by atoms with E-state index in [1.165, 1.54) is 5.56 Å². The summed E-state index contributed by atoms with van der Waals surface area (Å²) in [6.07, 6.45) is 1.08. The molecule has 1 unspecified atom stereocenters. The molecule has 0 heterocycles. The van der Waals surface area contributed by atoms with E-state index in [1.54, 1.807) is 7.11 Å². The van der Waals surface area contributed by atoms with Gasteiger partial charge in [-0.25, -0.2) is 0 Å². The van der Waals surface area contributed by atoms with Crippen LogP contribution >= 0.6 is 27.5 Å². The Morgan fingerprint density at radius 3 is 2.79 bits per heavy atom. The first-order valence-corrected chi connectivity index (χ1v) is 6.08. The smallest absolute Gasteiger partial charge is 0.122 e. The monoisotopic (exact) mass is 276 g/mol. The molecule has 1 rings (SSSR count). The van der Waals surface area contributed by atoms with Crippen molar-refractivity contribution in [1.29, 1.82) is 0 Å². The van der Waals surface area contributed by atoms with Crippen LogP contribution in [0.1, 0.15) is 24.8 Å². The fourth-order valence-electron chi connectivity index (χ4n) is 1.41. The zero-order chi connectivity index (χ0) is 10.6. The highest BCUT2D eigenvalue weighted by Crippen LogP contribution is 2.31. The minimum atomic E-state index is 0.461. The van der Waals surface area contributed by atoms with E-state index < -0.39 is 0 Å². The molecular weight excluding hydrogens is 263 g/mol. The third-order valence-corrected chi connectivity index (χ3v) is 2.96. The Morgan fingerprint density at radius 2 is 2.21 bits per heavy atom. The van der Waals surface area contributed by atoms with Crippen molar-refractivity contribution in [2.45, 2.75) is 19.3 Å². The van der Waals surface area contributed by atoms with E-state index in [0.29, 0.717) is 5.92 Å². The molecule has 0 amide bonds. The number of benzene rings is 1. The van der Waals surface area contributed by atoms with Crippen LogP contribution in [0.2, 0.25) is 5.02 Å². The number of rotatable bonds is 4. The molecule has 1 aromatic carbocycles. The molecule has 1 aromatic rings. The molecule has 0 spiro atoms. The molecule has 0 radical (unpaired) electrons. The second-order valence-electron chi connectivity index (χ2n) is 3.26. The standard InChI is InChI=1S/C11H14BrClO/c1-8(5-6-12)10-7-9(13)3-4-11(10)14-2/h3-4,7-8H,5-6H2,1-2H3. The van der Waals surface area contributed by atoms with Crippen molar-refractivity contribution in [3.05, 3.63) is 28.8 Å². The maximum absolute atomic E-state index is 5.95. The van der Waals surface area contributed by atoms with Crippen LogP contribution in [0.4, 0.5) is 0 Å². The molecule has 0 bridgehead atoms. The van der Waals surface area contributed by atoms with Crippen molar-refractivity contribution in [3.8, 4) is 5.75 Å². The maximum atomic E-state index is 5.95. The van der Waals surface area contributed by atoms with Crippen LogP contribution in [0.5, 0.6) is 5.75 Å². The van der Waals surface area contributed by atoms with Gasteiger partial charge in [0.25, 0.3) is 0 Å². The lowest BCUT2D eigenvalue weighted by atomic mass is 9.98. The Hall–Kier alpha value is -0.210. The fraction of sp³-hybridized carbons (Fsp3) is 0.455. The van der Waals surface area contributed by atoms with Gasteiger partial charge in [-0.3, -0.25) is 0 Å². The second kappa shape index (κ2) is 5.62. The zero-order valence-electron chi connectivity index (χ0n) is 8.39. The van der Waals surface area contributed by atoms with Gasteiger partial charge in [-0.05, 0) is 36.1 Å². The van der Waals surface area contributed by atoms with E-state index in [9.17, 15) is 0 Å². The Balaban J connectivity index is 2.97. The van der Waals surface area contributed by atoms with E-state index >= 15 is 0 Å². The molecule has 0 N–H and O–H groups in total. The quantitative estimate of drug-likeness (QED) is 0.748. The number of hydrogen-bond donors (Lipinski definition) is 0. The van der Waals surface area contributed by atoms with Gasteiger partial charge in [0, 0.05) is 10.4 Å². The van der Waals surface area contributed by atoms with Crippen LogP contribution in [0, 0.1) is 0 Å². The normalized spacial score (nSPS) is 12.6. The summed E-state index contributed by atoms with van der Waals surface area (Å²) in [5.74, 6) is 1.38. The topological polar surface area (TPSA) is 9.23 Å². The van der Waals surface area contributed by atoms with Gasteiger partial charge in [-0.15, -0.1) is 0 Å². The summed E-state index contributed by atoms with van der Waals surface area (Å²) in [4.78, 5) is 0. The van der Waals surface area contributed by atoms with E-state index in [0.717, 1.165) is 22.5 Å².